The van der Waals surface area contributed by atoms with Crippen LogP contribution in [0.2, 0.25) is 0 Å². The second-order valence-corrected chi connectivity index (χ2v) is 4.82. The molecule has 1 atom stereocenters. The van der Waals surface area contributed by atoms with E-state index < -0.39 is 5.69 Å². The van der Waals surface area contributed by atoms with Crippen molar-refractivity contribution in [1.82, 2.24) is 19.4 Å². The van der Waals surface area contributed by atoms with Gasteiger partial charge in [0.05, 0.1) is 0 Å². The van der Waals surface area contributed by atoms with Crippen LogP contribution in [-0.4, -0.2) is 45.6 Å². The molecule has 19 heavy (non-hydrogen) atoms. The molecule has 2 heterocycles. The summed E-state index contributed by atoms with van der Waals surface area (Å²) in [5.41, 5.74) is -0.839. The molecule has 0 spiro atoms. The van der Waals surface area contributed by atoms with Crippen LogP contribution in [0.4, 0.5) is 0 Å². The van der Waals surface area contributed by atoms with Gasteiger partial charge in [-0.3, -0.25) is 18.7 Å². The van der Waals surface area contributed by atoms with E-state index in [1.54, 1.807) is 4.90 Å². The van der Waals surface area contributed by atoms with Crippen LogP contribution in [0.25, 0.3) is 0 Å². The first-order valence-electron chi connectivity index (χ1n) is 6.26. The fourth-order valence-corrected chi connectivity index (χ4v) is 2.14. The second kappa shape index (κ2) is 5.40. The van der Waals surface area contributed by atoms with Crippen LogP contribution >= 0.6 is 0 Å². The molecule has 0 bridgehead atoms. The van der Waals surface area contributed by atoms with Crippen LogP contribution in [0, 0.1) is 0 Å². The van der Waals surface area contributed by atoms with Crippen molar-refractivity contribution >= 4 is 5.91 Å². The van der Waals surface area contributed by atoms with E-state index in [4.69, 9.17) is 0 Å². The van der Waals surface area contributed by atoms with Gasteiger partial charge >= 0.3 is 5.69 Å². The van der Waals surface area contributed by atoms with E-state index in [0.717, 1.165) is 11.1 Å². The largest absolute Gasteiger partial charge is 0.338 e. The molecule has 0 aliphatic carbocycles. The second-order valence-electron chi connectivity index (χ2n) is 4.82. The number of nitrogens with zero attached hydrogens (tertiary/aromatic N) is 3. The van der Waals surface area contributed by atoms with Crippen LogP contribution in [0.3, 0.4) is 0 Å². The maximum Gasteiger partial charge on any atom is 0.331 e. The molecular formula is C12H18N4O3. The lowest BCUT2D eigenvalue weighted by Crippen LogP contribution is -2.52. The van der Waals surface area contributed by atoms with Crippen molar-refractivity contribution < 1.29 is 4.79 Å². The van der Waals surface area contributed by atoms with E-state index in [0.29, 0.717) is 13.1 Å². The molecule has 1 amide bonds. The summed E-state index contributed by atoms with van der Waals surface area (Å²) >= 11 is 0. The third-order valence-electron chi connectivity index (χ3n) is 3.29. The third-order valence-corrected chi connectivity index (χ3v) is 3.29. The Morgan fingerprint density at radius 1 is 1.47 bits per heavy atom. The van der Waals surface area contributed by atoms with E-state index in [9.17, 15) is 14.4 Å². The molecule has 1 aromatic rings. The highest BCUT2D eigenvalue weighted by Crippen LogP contribution is 2.00. The van der Waals surface area contributed by atoms with Crippen molar-refractivity contribution in [2.24, 2.45) is 7.05 Å². The number of carbonyl (C=O) groups excluding carboxylic acids is 1. The van der Waals surface area contributed by atoms with Crippen LogP contribution in [0.1, 0.15) is 6.92 Å². The van der Waals surface area contributed by atoms with Gasteiger partial charge in [0.1, 0.15) is 6.54 Å². The molecule has 0 unspecified atom stereocenters. The summed E-state index contributed by atoms with van der Waals surface area (Å²) in [5.74, 6) is -0.103. The third kappa shape index (κ3) is 2.93. The fourth-order valence-electron chi connectivity index (χ4n) is 2.14. The minimum Gasteiger partial charge on any atom is -0.338 e. The zero-order valence-electron chi connectivity index (χ0n) is 11.1. The highest BCUT2D eigenvalue weighted by molar-refractivity contribution is 5.76. The van der Waals surface area contributed by atoms with Crippen LogP contribution in [-0.2, 0) is 18.4 Å². The lowest BCUT2D eigenvalue weighted by atomic mass is 10.2. The molecule has 0 aromatic carbocycles. The highest BCUT2D eigenvalue weighted by atomic mass is 16.2. The smallest absolute Gasteiger partial charge is 0.331 e. The van der Waals surface area contributed by atoms with Gasteiger partial charge in [-0.1, -0.05) is 0 Å². The summed E-state index contributed by atoms with van der Waals surface area (Å²) in [4.78, 5) is 36.9. The Morgan fingerprint density at radius 3 is 2.89 bits per heavy atom. The molecule has 1 N–H and O–H groups in total. The Labute approximate surface area is 110 Å². The average Bonchev–Trinajstić information content (AvgIpc) is 2.39. The molecule has 0 radical (unpaired) electrons. The first kappa shape index (κ1) is 13.5. The van der Waals surface area contributed by atoms with Gasteiger partial charge in [-0.25, -0.2) is 4.79 Å². The topological polar surface area (TPSA) is 76.3 Å². The van der Waals surface area contributed by atoms with E-state index in [2.05, 4.69) is 5.32 Å². The molecule has 7 heteroatoms. The summed E-state index contributed by atoms with van der Waals surface area (Å²) in [6, 6.07) is 1.55. The number of aromatic nitrogens is 2. The minimum absolute atomic E-state index is 0.0281. The van der Waals surface area contributed by atoms with Gasteiger partial charge in [0.15, 0.2) is 0 Å². The van der Waals surface area contributed by atoms with Crippen molar-refractivity contribution in [3.05, 3.63) is 33.1 Å². The molecular weight excluding hydrogens is 248 g/mol. The Hall–Kier alpha value is -1.89. The van der Waals surface area contributed by atoms with Gasteiger partial charge in [0.25, 0.3) is 5.56 Å². The lowest BCUT2D eigenvalue weighted by molar-refractivity contribution is -0.133. The van der Waals surface area contributed by atoms with Gasteiger partial charge in [0.2, 0.25) is 5.91 Å². The Balaban J connectivity index is 2.13. The standard InChI is InChI=1S/C12H18N4O3/c1-9-7-15(6-4-13-9)11(18)8-16-5-3-10(17)14(2)12(16)19/h3,5,9,13H,4,6-8H2,1-2H3/t9-/m1/s1. The van der Waals surface area contributed by atoms with Crippen molar-refractivity contribution in [2.75, 3.05) is 19.6 Å². The van der Waals surface area contributed by atoms with Crippen molar-refractivity contribution in [1.29, 1.82) is 0 Å². The molecule has 0 saturated carbocycles. The average molecular weight is 266 g/mol. The van der Waals surface area contributed by atoms with Gasteiger partial charge in [-0.05, 0) is 6.92 Å². The molecule has 1 saturated heterocycles. The zero-order chi connectivity index (χ0) is 14.0. The maximum absolute atomic E-state index is 12.1. The zero-order valence-corrected chi connectivity index (χ0v) is 11.1. The number of nitrogens with one attached hydrogen (secondary N) is 1. The van der Waals surface area contributed by atoms with Gasteiger partial charge in [-0.15, -0.1) is 0 Å². The summed E-state index contributed by atoms with van der Waals surface area (Å²) in [7, 11) is 1.40. The van der Waals surface area contributed by atoms with E-state index >= 15 is 0 Å². The summed E-state index contributed by atoms with van der Waals surface area (Å²) < 4.78 is 2.25. The van der Waals surface area contributed by atoms with Crippen LogP contribution in [0.15, 0.2) is 21.9 Å². The Morgan fingerprint density at radius 2 is 2.21 bits per heavy atom. The predicted molar refractivity (Wildman–Crippen MR) is 70.0 cm³/mol. The van der Waals surface area contributed by atoms with Crippen molar-refractivity contribution in [2.45, 2.75) is 19.5 Å². The molecule has 1 fully saturated rings. The minimum atomic E-state index is -0.468. The van der Waals surface area contributed by atoms with Crippen molar-refractivity contribution in [3.63, 3.8) is 0 Å². The summed E-state index contributed by atoms with van der Waals surface area (Å²) in [6.45, 7) is 4.02. The highest BCUT2D eigenvalue weighted by Gasteiger charge is 2.20. The molecule has 104 valence electrons. The number of piperazine rings is 1. The Kier molecular flexibility index (Phi) is 3.84. The summed E-state index contributed by atoms with van der Waals surface area (Å²) in [6.07, 6.45) is 1.37. The first-order valence-corrected chi connectivity index (χ1v) is 6.26. The molecule has 1 aliphatic rings. The number of carbonyl (C=O) groups is 1. The Bertz CT molecular complexity index is 589. The number of amides is 1. The van der Waals surface area contributed by atoms with Crippen LogP contribution < -0.4 is 16.6 Å². The summed E-state index contributed by atoms with van der Waals surface area (Å²) in [5, 5.41) is 3.25. The molecule has 1 aliphatic heterocycles. The number of rotatable bonds is 2. The number of hydrogen-bond donors (Lipinski definition) is 1. The maximum atomic E-state index is 12.1. The van der Waals surface area contributed by atoms with Gasteiger partial charge in [0, 0.05) is 45.0 Å². The molecule has 7 nitrogen and oxygen atoms in total. The van der Waals surface area contributed by atoms with Gasteiger partial charge in [-0.2, -0.15) is 0 Å². The van der Waals surface area contributed by atoms with Crippen LogP contribution in [0.5, 0.6) is 0 Å². The molecule has 1 aromatic heterocycles. The predicted octanol–water partition coefficient (Wildman–Crippen LogP) is -1.63. The SMILES string of the molecule is C[C@@H]1CN(C(=O)Cn2ccc(=O)n(C)c2=O)CCN1. The van der Waals surface area contributed by atoms with E-state index in [1.807, 2.05) is 6.92 Å². The normalized spacial score (nSPS) is 19.5. The van der Waals surface area contributed by atoms with E-state index in [-0.39, 0.29) is 24.1 Å². The van der Waals surface area contributed by atoms with Crippen molar-refractivity contribution in [3.8, 4) is 0 Å². The quantitative estimate of drug-likeness (QED) is 0.697. The molecule has 2 rings (SSSR count). The monoisotopic (exact) mass is 266 g/mol. The fraction of sp³-hybridized carbons (Fsp3) is 0.583. The number of hydrogen-bond acceptors (Lipinski definition) is 4. The van der Waals surface area contributed by atoms with Gasteiger partial charge < -0.3 is 10.2 Å². The lowest BCUT2D eigenvalue weighted by Gasteiger charge is -2.32. The van der Waals surface area contributed by atoms with E-state index in [1.165, 1.54) is 23.9 Å². The first-order chi connectivity index (χ1) is 8.99.